The van der Waals surface area contributed by atoms with Gasteiger partial charge in [-0.1, -0.05) is 19.9 Å². The van der Waals surface area contributed by atoms with Gasteiger partial charge in [0, 0.05) is 43.3 Å². The number of thiazole rings is 1. The Hall–Kier alpha value is -3.04. The number of amides is 1. The monoisotopic (exact) mass is 523 g/mol. The van der Waals surface area contributed by atoms with Crippen LogP contribution < -0.4 is 5.32 Å². The molecule has 3 heterocycles. The average molecular weight is 524 g/mol. The van der Waals surface area contributed by atoms with Crippen molar-refractivity contribution in [1.82, 2.24) is 19.9 Å². The average Bonchev–Trinajstić information content (AvgIpc) is 3.23. The molecule has 9 heteroatoms. The number of rotatable bonds is 5. The Bertz CT molecular complexity index is 1250. The summed E-state index contributed by atoms with van der Waals surface area (Å²) in [6.45, 7) is 12.8. The van der Waals surface area contributed by atoms with E-state index in [-0.39, 0.29) is 6.09 Å². The van der Waals surface area contributed by atoms with E-state index in [1.165, 1.54) is 11.3 Å². The van der Waals surface area contributed by atoms with Crippen LogP contribution in [0.25, 0.3) is 10.4 Å². The van der Waals surface area contributed by atoms with Crippen LogP contribution in [0.1, 0.15) is 76.1 Å². The van der Waals surface area contributed by atoms with Crippen molar-refractivity contribution in [3.8, 4) is 10.4 Å². The molecule has 4 rings (SSSR count). The SMILES string of the molecule is Cc1cc(Nc2nccc(C(C)C)n2)cc(-c2cnc([C@]3(O)CCCN(C(=O)OC(C)(C)C)CC3)s2)c1. The molecule has 0 saturated carbocycles. The molecular formula is C28H37N5O3S. The second-order valence-electron chi connectivity index (χ2n) is 11.1. The molecule has 0 spiro atoms. The molecule has 1 saturated heterocycles. The van der Waals surface area contributed by atoms with Crippen LogP contribution in [0.2, 0.25) is 0 Å². The van der Waals surface area contributed by atoms with Crippen molar-refractivity contribution in [2.24, 2.45) is 0 Å². The minimum atomic E-state index is -1.07. The molecule has 8 nitrogen and oxygen atoms in total. The minimum Gasteiger partial charge on any atom is -0.444 e. The lowest BCUT2D eigenvalue weighted by Crippen LogP contribution is -2.38. The lowest BCUT2D eigenvalue weighted by atomic mass is 9.96. The first-order chi connectivity index (χ1) is 17.4. The van der Waals surface area contributed by atoms with Crippen LogP contribution in [-0.2, 0) is 10.3 Å². The first-order valence-electron chi connectivity index (χ1n) is 12.8. The maximum atomic E-state index is 12.5. The van der Waals surface area contributed by atoms with Crippen LogP contribution in [0.5, 0.6) is 0 Å². The zero-order valence-corrected chi connectivity index (χ0v) is 23.4. The van der Waals surface area contributed by atoms with Crippen LogP contribution in [0.15, 0.2) is 36.7 Å². The summed E-state index contributed by atoms with van der Waals surface area (Å²) in [5.74, 6) is 0.883. The van der Waals surface area contributed by atoms with Crippen molar-refractivity contribution in [2.75, 3.05) is 18.4 Å². The molecule has 1 amide bonds. The van der Waals surface area contributed by atoms with E-state index in [0.29, 0.717) is 49.2 Å². The molecule has 0 radical (unpaired) electrons. The number of carbonyl (C=O) groups excluding carboxylic acids is 1. The maximum absolute atomic E-state index is 12.5. The summed E-state index contributed by atoms with van der Waals surface area (Å²) >= 11 is 1.50. The van der Waals surface area contributed by atoms with Gasteiger partial charge < -0.3 is 20.1 Å². The van der Waals surface area contributed by atoms with Crippen LogP contribution in [0.3, 0.4) is 0 Å². The van der Waals surface area contributed by atoms with E-state index in [9.17, 15) is 9.90 Å². The van der Waals surface area contributed by atoms with Crippen molar-refractivity contribution < 1.29 is 14.6 Å². The molecule has 2 N–H and O–H groups in total. The van der Waals surface area contributed by atoms with Crippen molar-refractivity contribution in [1.29, 1.82) is 0 Å². The number of aliphatic hydroxyl groups is 1. The van der Waals surface area contributed by atoms with Gasteiger partial charge in [-0.25, -0.2) is 19.7 Å². The number of likely N-dealkylation sites (tertiary alicyclic amines) is 1. The lowest BCUT2D eigenvalue weighted by molar-refractivity contribution is 0.0127. The molecule has 0 unspecified atom stereocenters. The van der Waals surface area contributed by atoms with E-state index >= 15 is 0 Å². The van der Waals surface area contributed by atoms with Gasteiger partial charge >= 0.3 is 6.09 Å². The fraction of sp³-hybridized carbons (Fsp3) is 0.500. The number of carbonyl (C=O) groups is 1. The third kappa shape index (κ3) is 6.84. The van der Waals surface area contributed by atoms with Gasteiger partial charge in [0.2, 0.25) is 5.95 Å². The van der Waals surface area contributed by atoms with Crippen molar-refractivity contribution in [3.05, 3.63) is 52.9 Å². The highest BCUT2D eigenvalue weighted by atomic mass is 32.1. The summed E-state index contributed by atoms with van der Waals surface area (Å²) in [6, 6.07) is 8.15. The Kier molecular flexibility index (Phi) is 7.85. The second-order valence-corrected chi connectivity index (χ2v) is 12.1. The van der Waals surface area contributed by atoms with Crippen molar-refractivity contribution >= 4 is 29.1 Å². The van der Waals surface area contributed by atoms with Crippen molar-refractivity contribution in [2.45, 2.75) is 77.9 Å². The third-order valence-electron chi connectivity index (χ3n) is 6.26. The summed E-state index contributed by atoms with van der Waals surface area (Å²) in [6.07, 6.45) is 4.90. The van der Waals surface area contributed by atoms with Gasteiger partial charge in [-0.15, -0.1) is 11.3 Å². The maximum Gasteiger partial charge on any atom is 0.410 e. The summed E-state index contributed by atoms with van der Waals surface area (Å²) in [7, 11) is 0. The Morgan fingerprint density at radius 1 is 1.19 bits per heavy atom. The molecule has 37 heavy (non-hydrogen) atoms. The molecule has 2 aromatic heterocycles. The molecule has 0 aliphatic carbocycles. The highest BCUT2D eigenvalue weighted by Crippen LogP contribution is 2.39. The summed E-state index contributed by atoms with van der Waals surface area (Å²) in [5, 5.41) is 15.5. The fourth-order valence-corrected chi connectivity index (χ4v) is 5.39. The number of nitrogens with one attached hydrogen (secondary N) is 1. The zero-order chi connectivity index (χ0) is 26.8. The molecule has 3 aromatic rings. The van der Waals surface area contributed by atoms with Crippen LogP contribution >= 0.6 is 11.3 Å². The summed E-state index contributed by atoms with van der Waals surface area (Å²) in [4.78, 5) is 28.8. The Balaban J connectivity index is 1.51. The Morgan fingerprint density at radius 3 is 2.70 bits per heavy atom. The number of anilines is 2. The highest BCUT2D eigenvalue weighted by molar-refractivity contribution is 7.15. The molecule has 1 aliphatic rings. The molecular weight excluding hydrogens is 486 g/mol. The van der Waals surface area contributed by atoms with E-state index in [2.05, 4.69) is 52.3 Å². The van der Waals surface area contributed by atoms with E-state index in [1.807, 2.05) is 40.0 Å². The zero-order valence-electron chi connectivity index (χ0n) is 22.5. The molecule has 198 valence electrons. The Labute approximate surface area is 223 Å². The first kappa shape index (κ1) is 27.0. The third-order valence-corrected chi connectivity index (χ3v) is 7.50. The molecule has 1 fully saturated rings. The Morgan fingerprint density at radius 2 is 1.97 bits per heavy atom. The predicted molar refractivity (Wildman–Crippen MR) is 147 cm³/mol. The van der Waals surface area contributed by atoms with Gasteiger partial charge in [-0.2, -0.15) is 0 Å². The molecule has 1 aromatic carbocycles. The second kappa shape index (κ2) is 10.8. The number of hydrogen-bond donors (Lipinski definition) is 2. The van der Waals surface area contributed by atoms with E-state index < -0.39 is 11.2 Å². The van der Waals surface area contributed by atoms with Gasteiger partial charge in [0.05, 0.1) is 4.88 Å². The number of aromatic nitrogens is 3. The van der Waals surface area contributed by atoms with E-state index in [4.69, 9.17) is 4.74 Å². The minimum absolute atomic E-state index is 0.318. The quantitative estimate of drug-likeness (QED) is 0.400. The number of nitrogens with zero attached hydrogens (tertiary/aromatic N) is 4. The van der Waals surface area contributed by atoms with E-state index in [1.54, 1.807) is 11.1 Å². The molecule has 0 bridgehead atoms. The number of hydrogen-bond acceptors (Lipinski definition) is 8. The van der Waals surface area contributed by atoms with Gasteiger partial charge in [0.15, 0.2) is 0 Å². The lowest BCUT2D eigenvalue weighted by Gasteiger charge is -2.27. The summed E-state index contributed by atoms with van der Waals surface area (Å²) in [5.41, 5.74) is 2.37. The van der Waals surface area contributed by atoms with Gasteiger partial charge in [0.1, 0.15) is 16.2 Å². The largest absolute Gasteiger partial charge is 0.444 e. The van der Waals surface area contributed by atoms with Gasteiger partial charge in [-0.3, -0.25) is 0 Å². The summed E-state index contributed by atoms with van der Waals surface area (Å²) < 4.78 is 5.53. The highest BCUT2D eigenvalue weighted by Gasteiger charge is 2.36. The van der Waals surface area contributed by atoms with E-state index in [0.717, 1.165) is 27.4 Å². The van der Waals surface area contributed by atoms with Gasteiger partial charge in [0.25, 0.3) is 0 Å². The topological polar surface area (TPSA) is 100 Å². The predicted octanol–water partition coefficient (Wildman–Crippen LogP) is 6.38. The molecule has 1 atom stereocenters. The van der Waals surface area contributed by atoms with Crippen LogP contribution in [-0.4, -0.2) is 49.7 Å². The first-order valence-corrected chi connectivity index (χ1v) is 13.6. The van der Waals surface area contributed by atoms with Gasteiger partial charge in [-0.05, 0) is 75.8 Å². The number of benzene rings is 1. The number of ether oxygens (including phenoxy) is 1. The fourth-order valence-electron chi connectivity index (χ4n) is 4.35. The van der Waals surface area contributed by atoms with Crippen LogP contribution in [0, 0.1) is 6.92 Å². The molecule has 1 aliphatic heterocycles. The number of aryl methyl sites for hydroxylation is 1. The smallest absolute Gasteiger partial charge is 0.410 e. The van der Waals surface area contributed by atoms with Crippen LogP contribution in [0.4, 0.5) is 16.4 Å². The van der Waals surface area contributed by atoms with Crippen molar-refractivity contribution in [3.63, 3.8) is 0 Å². The normalized spacial score (nSPS) is 18.5. The standard InChI is InChI=1S/C28H37N5O3S/c1-18(2)22-8-11-29-25(32-22)31-21-15-19(3)14-20(16-21)23-17-30-24(37-23)28(35)9-7-12-33(13-10-28)26(34)36-27(4,5)6/h8,11,14-18,35H,7,9-10,12-13H2,1-6H3,(H,29,31,32)/t28-/m0/s1.